The van der Waals surface area contributed by atoms with Crippen LogP contribution in [0.15, 0.2) is 30.3 Å². The summed E-state index contributed by atoms with van der Waals surface area (Å²) in [5, 5.41) is 0. The lowest BCUT2D eigenvalue weighted by atomic mass is 10.2. The van der Waals surface area contributed by atoms with Gasteiger partial charge in [-0.1, -0.05) is 0 Å². The van der Waals surface area contributed by atoms with Gasteiger partial charge in [-0.05, 0) is 18.2 Å². The van der Waals surface area contributed by atoms with Gasteiger partial charge in [0, 0.05) is 17.7 Å². The van der Waals surface area contributed by atoms with Crippen LogP contribution in [0.2, 0.25) is 0 Å². The molecule has 1 aromatic heterocycles. The number of imidazole rings is 1. The van der Waals surface area contributed by atoms with Gasteiger partial charge in [0.15, 0.2) is 23.0 Å². The fourth-order valence-corrected chi connectivity index (χ4v) is 2.66. The van der Waals surface area contributed by atoms with E-state index >= 15 is 0 Å². The molecule has 1 N–H and O–H groups in total. The Morgan fingerprint density at radius 2 is 1.70 bits per heavy atom. The fourth-order valence-electron chi connectivity index (χ4n) is 2.66. The maximum atomic E-state index is 5.63. The van der Waals surface area contributed by atoms with Crippen molar-refractivity contribution in [1.29, 1.82) is 0 Å². The van der Waals surface area contributed by atoms with Gasteiger partial charge < -0.3 is 23.9 Å². The van der Waals surface area contributed by atoms with Gasteiger partial charge in [0.1, 0.15) is 19.0 Å². The lowest BCUT2D eigenvalue weighted by Gasteiger charge is -2.18. The summed E-state index contributed by atoms with van der Waals surface area (Å²) in [5.41, 5.74) is 2.63. The number of H-pyrrole nitrogens is 1. The average molecular weight is 312 g/mol. The molecule has 0 saturated heterocycles. The molecule has 0 amide bonds. The second-order valence-corrected chi connectivity index (χ2v) is 5.17. The molecule has 6 heteroatoms. The molecule has 0 aliphatic carbocycles. The van der Waals surface area contributed by atoms with Crippen molar-refractivity contribution in [2.75, 3.05) is 27.4 Å². The predicted octanol–water partition coefficient (Wildman–Crippen LogP) is 3.02. The number of benzene rings is 2. The van der Waals surface area contributed by atoms with E-state index in [0.29, 0.717) is 24.7 Å². The molecule has 0 spiro atoms. The van der Waals surface area contributed by atoms with Crippen LogP contribution in [0.5, 0.6) is 23.0 Å². The number of aromatic nitrogens is 2. The molecule has 4 rings (SSSR count). The van der Waals surface area contributed by atoms with Crippen LogP contribution in [0.4, 0.5) is 0 Å². The molecule has 0 radical (unpaired) electrons. The van der Waals surface area contributed by atoms with Gasteiger partial charge in [-0.3, -0.25) is 0 Å². The molecule has 0 unspecified atom stereocenters. The second kappa shape index (κ2) is 5.39. The monoisotopic (exact) mass is 312 g/mol. The molecule has 2 aromatic carbocycles. The standard InChI is InChI=1S/C17H16N2O4/c1-20-14-8-11-12(9-15(14)21-2)19-17(18-11)10-3-4-13-16(7-10)23-6-5-22-13/h3-4,7-9H,5-6H2,1-2H3,(H,18,19). The Hall–Kier alpha value is -2.89. The van der Waals surface area contributed by atoms with E-state index in [0.717, 1.165) is 33.9 Å². The third kappa shape index (κ3) is 2.32. The highest BCUT2D eigenvalue weighted by atomic mass is 16.6. The van der Waals surface area contributed by atoms with Crippen molar-refractivity contribution >= 4 is 11.0 Å². The van der Waals surface area contributed by atoms with E-state index in [2.05, 4.69) is 9.97 Å². The van der Waals surface area contributed by atoms with Gasteiger partial charge in [0.25, 0.3) is 0 Å². The van der Waals surface area contributed by atoms with Crippen LogP contribution in [0.25, 0.3) is 22.4 Å². The lowest BCUT2D eigenvalue weighted by molar-refractivity contribution is 0.171. The van der Waals surface area contributed by atoms with Crippen LogP contribution in [0, 0.1) is 0 Å². The molecule has 0 atom stereocenters. The van der Waals surface area contributed by atoms with Gasteiger partial charge in [0.05, 0.1) is 25.3 Å². The number of hydrogen-bond acceptors (Lipinski definition) is 5. The minimum absolute atomic E-state index is 0.560. The summed E-state index contributed by atoms with van der Waals surface area (Å²) in [6.07, 6.45) is 0. The van der Waals surface area contributed by atoms with E-state index in [1.165, 1.54) is 0 Å². The van der Waals surface area contributed by atoms with Crippen molar-refractivity contribution in [1.82, 2.24) is 9.97 Å². The van der Waals surface area contributed by atoms with E-state index in [1.54, 1.807) is 14.2 Å². The van der Waals surface area contributed by atoms with E-state index in [-0.39, 0.29) is 0 Å². The fraction of sp³-hybridized carbons (Fsp3) is 0.235. The normalized spacial score (nSPS) is 13.1. The zero-order valence-corrected chi connectivity index (χ0v) is 12.9. The first-order valence-electron chi connectivity index (χ1n) is 7.30. The van der Waals surface area contributed by atoms with Crippen molar-refractivity contribution in [2.45, 2.75) is 0 Å². The summed E-state index contributed by atoms with van der Waals surface area (Å²) in [4.78, 5) is 7.93. The SMILES string of the molecule is COc1cc2nc(-c3ccc4c(c3)OCCO4)[nH]c2cc1OC. The van der Waals surface area contributed by atoms with Gasteiger partial charge in [-0.15, -0.1) is 0 Å². The van der Waals surface area contributed by atoms with Crippen molar-refractivity contribution in [2.24, 2.45) is 0 Å². The molecule has 3 aromatic rings. The molecular formula is C17H16N2O4. The van der Waals surface area contributed by atoms with Crippen LogP contribution in [0.1, 0.15) is 0 Å². The number of rotatable bonds is 3. The van der Waals surface area contributed by atoms with Crippen LogP contribution in [-0.2, 0) is 0 Å². The van der Waals surface area contributed by atoms with Crippen molar-refractivity contribution in [3.8, 4) is 34.4 Å². The zero-order valence-electron chi connectivity index (χ0n) is 12.9. The van der Waals surface area contributed by atoms with Gasteiger partial charge in [-0.25, -0.2) is 4.98 Å². The first-order chi connectivity index (χ1) is 11.3. The Balaban J connectivity index is 1.80. The van der Waals surface area contributed by atoms with E-state index in [9.17, 15) is 0 Å². The number of nitrogens with zero attached hydrogens (tertiary/aromatic N) is 1. The summed E-state index contributed by atoms with van der Waals surface area (Å²) in [5.74, 6) is 3.58. The van der Waals surface area contributed by atoms with Crippen molar-refractivity contribution in [3.05, 3.63) is 30.3 Å². The highest BCUT2D eigenvalue weighted by Crippen LogP contribution is 2.36. The summed E-state index contributed by atoms with van der Waals surface area (Å²) in [6.45, 7) is 1.14. The van der Waals surface area contributed by atoms with Crippen molar-refractivity contribution < 1.29 is 18.9 Å². The zero-order chi connectivity index (χ0) is 15.8. The Bertz CT molecular complexity index is 831. The molecule has 118 valence electrons. The molecular weight excluding hydrogens is 296 g/mol. The second-order valence-electron chi connectivity index (χ2n) is 5.17. The first-order valence-corrected chi connectivity index (χ1v) is 7.30. The molecule has 23 heavy (non-hydrogen) atoms. The first kappa shape index (κ1) is 13.8. The van der Waals surface area contributed by atoms with E-state index in [1.807, 2.05) is 30.3 Å². The Labute approximate surface area is 133 Å². The predicted molar refractivity (Wildman–Crippen MR) is 85.6 cm³/mol. The third-order valence-corrected chi connectivity index (χ3v) is 3.80. The van der Waals surface area contributed by atoms with Crippen molar-refractivity contribution in [3.63, 3.8) is 0 Å². The number of nitrogens with one attached hydrogen (secondary N) is 1. The number of fused-ring (bicyclic) bond motifs is 2. The molecule has 0 fully saturated rings. The van der Waals surface area contributed by atoms with Crippen LogP contribution < -0.4 is 18.9 Å². The minimum Gasteiger partial charge on any atom is -0.493 e. The molecule has 1 aliphatic heterocycles. The molecule has 2 heterocycles. The Kier molecular flexibility index (Phi) is 3.22. The molecule has 0 bridgehead atoms. The topological polar surface area (TPSA) is 65.6 Å². The minimum atomic E-state index is 0.560. The largest absolute Gasteiger partial charge is 0.493 e. The highest BCUT2D eigenvalue weighted by molar-refractivity contribution is 5.83. The quantitative estimate of drug-likeness (QED) is 0.805. The Morgan fingerprint density at radius 1 is 0.957 bits per heavy atom. The van der Waals surface area contributed by atoms with Crippen LogP contribution >= 0.6 is 0 Å². The van der Waals surface area contributed by atoms with Gasteiger partial charge in [-0.2, -0.15) is 0 Å². The molecule has 1 aliphatic rings. The smallest absolute Gasteiger partial charge is 0.163 e. The number of aromatic amines is 1. The van der Waals surface area contributed by atoms with Gasteiger partial charge >= 0.3 is 0 Å². The summed E-state index contributed by atoms with van der Waals surface area (Å²) >= 11 is 0. The van der Waals surface area contributed by atoms with E-state index < -0.39 is 0 Å². The Morgan fingerprint density at radius 3 is 2.48 bits per heavy atom. The maximum Gasteiger partial charge on any atom is 0.163 e. The van der Waals surface area contributed by atoms with Gasteiger partial charge in [0.2, 0.25) is 0 Å². The number of ether oxygens (including phenoxy) is 4. The van der Waals surface area contributed by atoms with Crippen LogP contribution in [-0.4, -0.2) is 37.4 Å². The van der Waals surface area contributed by atoms with E-state index in [4.69, 9.17) is 18.9 Å². The highest BCUT2D eigenvalue weighted by Gasteiger charge is 2.15. The summed E-state index contributed by atoms with van der Waals surface area (Å²) < 4.78 is 21.8. The van der Waals surface area contributed by atoms with Crippen LogP contribution in [0.3, 0.4) is 0 Å². The third-order valence-electron chi connectivity index (χ3n) is 3.80. The lowest BCUT2D eigenvalue weighted by Crippen LogP contribution is -2.15. The maximum absolute atomic E-state index is 5.63. The average Bonchev–Trinajstić information content (AvgIpc) is 3.02. The molecule has 6 nitrogen and oxygen atoms in total. The molecule has 0 saturated carbocycles. The summed E-state index contributed by atoms with van der Waals surface area (Å²) in [6, 6.07) is 9.52. The number of hydrogen-bond donors (Lipinski definition) is 1. The number of methoxy groups -OCH3 is 2. The summed E-state index contributed by atoms with van der Waals surface area (Å²) in [7, 11) is 3.22.